The van der Waals surface area contributed by atoms with Crippen LogP contribution in [0, 0.1) is 0 Å². The number of hydrogen-bond donors (Lipinski definition) is 1. The molecule has 0 aromatic carbocycles. The van der Waals surface area contributed by atoms with E-state index in [0.29, 0.717) is 17.8 Å². The van der Waals surface area contributed by atoms with Crippen molar-refractivity contribution in [3.63, 3.8) is 0 Å². The quantitative estimate of drug-likeness (QED) is 0.818. The minimum absolute atomic E-state index is 0.159. The van der Waals surface area contributed by atoms with Crippen LogP contribution >= 0.6 is 0 Å². The first kappa shape index (κ1) is 17.6. The number of nitrogens with one attached hydrogen (secondary N) is 1. The van der Waals surface area contributed by atoms with Gasteiger partial charge in [-0.25, -0.2) is 8.42 Å². The van der Waals surface area contributed by atoms with Gasteiger partial charge in [-0.1, -0.05) is 0 Å². The molecule has 1 N–H and O–H groups in total. The zero-order valence-corrected chi connectivity index (χ0v) is 13.9. The Hall–Kier alpha value is -1.17. The molecule has 3 rings (SSSR count). The van der Waals surface area contributed by atoms with Crippen LogP contribution in [-0.4, -0.2) is 78.9 Å². The Balaban J connectivity index is 1.67. The van der Waals surface area contributed by atoms with Gasteiger partial charge in [-0.15, -0.1) is 0 Å². The van der Waals surface area contributed by atoms with Crippen molar-refractivity contribution in [2.45, 2.75) is 30.1 Å². The number of aromatic nitrogens is 2. The van der Waals surface area contributed by atoms with E-state index in [-0.39, 0.29) is 10.9 Å². The molecule has 24 heavy (non-hydrogen) atoms. The van der Waals surface area contributed by atoms with Gasteiger partial charge in [0.15, 0.2) is 0 Å². The van der Waals surface area contributed by atoms with Gasteiger partial charge < -0.3 is 5.32 Å². The van der Waals surface area contributed by atoms with Crippen LogP contribution in [0.15, 0.2) is 17.3 Å². The molecule has 2 saturated heterocycles. The maximum absolute atomic E-state index is 12.6. The van der Waals surface area contributed by atoms with Gasteiger partial charge >= 0.3 is 6.18 Å². The third-order valence-corrected chi connectivity index (χ3v) is 6.20. The Kier molecular flexibility index (Phi) is 4.87. The zero-order chi connectivity index (χ0) is 17.4. The summed E-state index contributed by atoms with van der Waals surface area (Å²) in [5, 5.41) is 6.77. The molecule has 1 atom stereocenters. The summed E-state index contributed by atoms with van der Waals surface area (Å²) in [4.78, 5) is 2.08. The lowest BCUT2D eigenvalue weighted by molar-refractivity contribution is -0.142. The van der Waals surface area contributed by atoms with Gasteiger partial charge in [-0.3, -0.25) is 9.58 Å². The molecule has 0 bridgehead atoms. The van der Waals surface area contributed by atoms with E-state index in [2.05, 4.69) is 15.3 Å². The first-order chi connectivity index (χ1) is 11.3. The van der Waals surface area contributed by atoms with Crippen LogP contribution in [0.2, 0.25) is 0 Å². The van der Waals surface area contributed by atoms with Gasteiger partial charge in [-0.2, -0.15) is 22.6 Å². The molecule has 2 fully saturated rings. The summed E-state index contributed by atoms with van der Waals surface area (Å²) in [5.41, 5.74) is 0. The van der Waals surface area contributed by atoms with Crippen LogP contribution in [0.1, 0.15) is 6.42 Å². The largest absolute Gasteiger partial charge is 0.408 e. The molecule has 0 saturated carbocycles. The highest BCUT2D eigenvalue weighted by Crippen LogP contribution is 2.24. The van der Waals surface area contributed by atoms with E-state index >= 15 is 0 Å². The minimum Gasteiger partial charge on any atom is -0.314 e. The molecule has 0 amide bonds. The summed E-state index contributed by atoms with van der Waals surface area (Å²) in [5.74, 6) is 0. The fourth-order valence-corrected chi connectivity index (χ4v) is 4.62. The highest BCUT2D eigenvalue weighted by atomic mass is 32.2. The van der Waals surface area contributed by atoms with E-state index < -0.39 is 22.7 Å². The normalized spacial score (nSPS) is 24.5. The lowest BCUT2D eigenvalue weighted by Gasteiger charge is -2.32. The van der Waals surface area contributed by atoms with Crippen molar-refractivity contribution in [2.24, 2.45) is 0 Å². The molecule has 2 aliphatic heterocycles. The van der Waals surface area contributed by atoms with Crippen LogP contribution in [0.3, 0.4) is 0 Å². The van der Waals surface area contributed by atoms with Crippen molar-refractivity contribution in [3.8, 4) is 0 Å². The molecule has 1 aromatic rings. The molecular weight excluding hydrogens is 347 g/mol. The Morgan fingerprint density at radius 1 is 1.25 bits per heavy atom. The van der Waals surface area contributed by atoms with Crippen LogP contribution in [0.4, 0.5) is 13.2 Å². The van der Waals surface area contributed by atoms with E-state index in [1.165, 1.54) is 4.31 Å². The highest BCUT2D eigenvalue weighted by Gasteiger charge is 2.36. The topological polar surface area (TPSA) is 70.5 Å². The van der Waals surface area contributed by atoms with Gasteiger partial charge in [0.1, 0.15) is 11.4 Å². The van der Waals surface area contributed by atoms with Gasteiger partial charge in [0.05, 0.1) is 6.20 Å². The van der Waals surface area contributed by atoms with Crippen molar-refractivity contribution >= 4 is 10.0 Å². The number of rotatable bonds is 4. The summed E-state index contributed by atoms with van der Waals surface area (Å²) < 4.78 is 64.3. The molecule has 7 nitrogen and oxygen atoms in total. The third-order valence-electron chi connectivity index (χ3n) is 4.38. The predicted molar refractivity (Wildman–Crippen MR) is 79.9 cm³/mol. The summed E-state index contributed by atoms with van der Waals surface area (Å²) in [6.07, 6.45) is -1.77. The number of sulfonamides is 1. The molecule has 1 aromatic heterocycles. The standard InChI is InChI=1S/C13H20F3N5O2S/c14-13(15,16)10-20-9-12(7-18-20)24(22,23)21-4-1-11(8-21)19-5-2-17-3-6-19/h7,9,11,17H,1-6,8,10H2. The van der Waals surface area contributed by atoms with Crippen molar-refractivity contribution in [2.75, 3.05) is 39.3 Å². The molecular formula is C13H20F3N5O2S. The zero-order valence-electron chi connectivity index (χ0n) is 13.0. The lowest BCUT2D eigenvalue weighted by atomic mass is 10.2. The lowest BCUT2D eigenvalue weighted by Crippen LogP contribution is -2.49. The Morgan fingerprint density at radius 2 is 1.96 bits per heavy atom. The summed E-state index contributed by atoms with van der Waals surface area (Å²) in [7, 11) is -3.80. The molecule has 0 radical (unpaired) electrons. The molecule has 1 unspecified atom stereocenters. The first-order valence-electron chi connectivity index (χ1n) is 7.80. The maximum Gasteiger partial charge on any atom is 0.408 e. The van der Waals surface area contributed by atoms with Crippen molar-refractivity contribution < 1.29 is 21.6 Å². The van der Waals surface area contributed by atoms with Gasteiger partial charge in [0, 0.05) is 51.5 Å². The molecule has 0 spiro atoms. The average molecular weight is 367 g/mol. The minimum atomic E-state index is -4.44. The Morgan fingerprint density at radius 3 is 2.62 bits per heavy atom. The number of nitrogens with zero attached hydrogens (tertiary/aromatic N) is 4. The van der Waals surface area contributed by atoms with Crippen LogP contribution in [0.25, 0.3) is 0 Å². The van der Waals surface area contributed by atoms with Gasteiger partial charge in [0.25, 0.3) is 0 Å². The number of hydrogen-bond acceptors (Lipinski definition) is 5. The van der Waals surface area contributed by atoms with E-state index in [4.69, 9.17) is 0 Å². The molecule has 3 heterocycles. The average Bonchev–Trinajstić information content (AvgIpc) is 3.16. The summed E-state index contributed by atoms with van der Waals surface area (Å²) >= 11 is 0. The maximum atomic E-state index is 12.6. The third kappa shape index (κ3) is 3.90. The smallest absolute Gasteiger partial charge is 0.314 e. The van der Waals surface area contributed by atoms with E-state index in [9.17, 15) is 21.6 Å². The molecule has 11 heteroatoms. The van der Waals surface area contributed by atoms with Crippen LogP contribution in [0.5, 0.6) is 0 Å². The van der Waals surface area contributed by atoms with Crippen molar-refractivity contribution in [1.29, 1.82) is 0 Å². The summed E-state index contributed by atoms with van der Waals surface area (Å²) in [6.45, 7) is 2.96. The van der Waals surface area contributed by atoms with Gasteiger partial charge in [-0.05, 0) is 6.42 Å². The van der Waals surface area contributed by atoms with E-state index in [1.807, 2.05) is 0 Å². The SMILES string of the molecule is O=S(=O)(c1cnn(CC(F)(F)F)c1)N1CCC(N2CCNCC2)C1. The second-order valence-electron chi connectivity index (χ2n) is 6.08. The van der Waals surface area contributed by atoms with Crippen LogP contribution in [-0.2, 0) is 16.6 Å². The Bertz CT molecular complexity index is 669. The predicted octanol–water partition coefficient (Wildman–Crippen LogP) is 0.114. The first-order valence-corrected chi connectivity index (χ1v) is 9.24. The second kappa shape index (κ2) is 6.62. The number of halogens is 3. The molecule has 0 aliphatic carbocycles. The monoisotopic (exact) mass is 367 g/mol. The van der Waals surface area contributed by atoms with E-state index in [0.717, 1.165) is 45.0 Å². The highest BCUT2D eigenvalue weighted by molar-refractivity contribution is 7.89. The molecule has 2 aliphatic rings. The number of alkyl halides is 3. The van der Waals surface area contributed by atoms with E-state index in [1.54, 1.807) is 0 Å². The fourth-order valence-electron chi connectivity index (χ4n) is 3.17. The second-order valence-corrected chi connectivity index (χ2v) is 8.02. The van der Waals surface area contributed by atoms with Crippen LogP contribution < -0.4 is 5.32 Å². The number of piperazine rings is 1. The fraction of sp³-hybridized carbons (Fsp3) is 0.769. The summed E-state index contributed by atoms with van der Waals surface area (Å²) in [6, 6.07) is 0.159. The molecule has 136 valence electrons. The van der Waals surface area contributed by atoms with Gasteiger partial charge in [0.2, 0.25) is 10.0 Å². The van der Waals surface area contributed by atoms with Crippen molar-refractivity contribution in [3.05, 3.63) is 12.4 Å². The Labute approximate surface area is 138 Å². The van der Waals surface area contributed by atoms with Crippen molar-refractivity contribution in [1.82, 2.24) is 24.3 Å².